The van der Waals surface area contributed by atoms with Crippen LogP contribution in [0.4, 0.5) is 5.69 Å². The summed E-state index contributed by atoms with van der Waals surface area (Å²) in [6.45, 7) is 0.588. The first-order chi connectivity index (χ1) is 13.1. The van der Waals surface area contributed by atoms with Gasteiger partial charge in [0.1, 0.15) is 17.3 Å². The van der Waals surface area contributed by atoms with Crippen LogP contribution >= 0.6 is 0 Å². The van der Waals surface area contributed by atoms with E-state index in [4.69, 9.17) is 0 Å². The topological polar surface area (TPSA) is 67.2 Å². The van der Waals surface area contributed by atoms with Crippen LogP contribution in [0, 0.1) is 5.92 Å². The third kappa shape index (κ3) is 2.28. The highest BCUT2D eigenvalue weighted by Crippen LogP contribution is 2.54. The Kier molecular flexibility index (Phi) is 3.64. The minimum absolute atomic E-state index is 0.0179. The molecule has 2 atom stereocenters. The number of anilines is 1. The van der Waals surface area contributed by atoms with Gasteiger partial charge in [-0.25, -0.2) is 4.98 Å². The second-order valence-electron chi connectivity index (χ2n) is 8.11. The molecule has 2 aliphatic heterocycles. The van der Waals surface area contributed by atoms with E-state index < -0.39 is 5.41 Å². The van der Waals surface area contributed by atoms with Crippen molar-refractivity contribution in [1.29, 1.82) is 0 Å². The van der Waals surface area contributed by atoms with Crippen molar-refractivity contribution in [1.82, 2.24) is 14.5 Å². The van der Waals surface area contributed by atoms with Gasteiger partial charge in [0, 0.05) is 38.1 Å². The van der Waals surface area contributed by atoms with E-state index in [-0.39, 0.29) is 17.9 Å². The molecule has 140 valence electrons. The van der Waals surface area contributed by atoms with Crippen molar-refractivity contribution in [2.45, 2.75) is 43.6 Å². The largest absolute Gasteiger partial charge is 0.336 e. The van der Waals surface area contributed by atoms with E-state index in [2.05, 4.69) is 10.3 Å². The zero-order valence-corrected chi connectivity index (χ0v) is 15.5. The molecule has 5 rings (SSSR count). The average Bonchev–Trinajstić information content (AvgIpc) is 3.29. The molecule has 1 aromatic heterocycles. The number of hydrogen-bond acceptors (Lipinski definition) is 3. The van der Waals surface area contributed by atoms with Gasteiger partial charge in [-0.2, -0.15) is 0 Å². The van der Waals surface area contributed by atoms with Crippen molar-refractivity contribution in [2.24, 2.45) is 13.0 Å². The number of hydrogen-bond donors (Lipinski definition) is 1. The van der Waals surface area contributed by atoms with Crippen LogP contribution in [0.3, 0.4) is 0 Å². The van der Waals surface area contributed by atoms with Crippen molar-refractivity contribution < 1.29 is 9.59 Å². The van der Waals surface area contributed by atoms with E-state index in [0.717, 1.165) is 29.9 Å². The summed E-state index contributed by atoms with van der Waals surface area (Å²) in [6, 6.07) is 7.49. The fourth-order valence-electron chi connectivity index (χ4n) is 5.02. The lowest BCUT2D eigenvalue weighted by Crippen LogP contribution is -2.44. The van der Waals surface area contributed by atoms with Gasteiger partial charge in [0.05, 0.1) is 0 Å². The van der Waals surface area contributed by atoms with Gasteiger partial charge in [-0.15, -0.1) is 0 Å². The van der Waals surface area contributed by atoms with Gasteiger partial charge in [0.25, 0.3) is 0 Å². The molecule has 2 fully saturated rings. The lowest BCUT2D eigenvalue weighted by molar-refractivity contribution is -0.135. The third-order valence-corrected chi connectivity index (χ3v) is 6.70. The van der Waals surface area contributed by atoms with E-state index in [1.54, 1.807) is 6.20 Å². The molecule has 2 aromatic rings. The first kappa shape index (κ1) is 16.5. The van der Waals surface area contributed by atoms with Crippen LogP contribution in [0.1, 0.15) is 49.5 Å². The van der Waals surface area contributed by atoms with Crippen LogP contribution in [0.5, 0.6) is 0 Å². The fraction of sp³-hybridized carbons (Fsp3) is 0.476. The van der Waals surface area contributed by atoms with Gasteiger partial charge in [-0.05, 0) is 36.8 Å². The first-order valence-corrected chi connectivity index (χ1v) is 9.79. The number of nitrogens with zero attached hydrogens (tertiary/aromatic N) is 3. The molecule has 27 heavy (non-hydrogen) atoms. The summed E-state index contributed by atoms with van der Waals surface area (Å²) in [7, 11) is 1.93. The van der Waals surface area contributed by atoms with Gasteiger partial charge in [0.2, 0.25) is 11.8 Å². The first-order valence-electron chi connectivity index (χ1n) is 9.79. The number of nitrogens with one attached hydrogen (secondary N) is 1. The monoisotopic (exact) mass is 364 g/mol. The number of carbonyl (C=O) groups is 2. The van der Waals surface area contributed by atoms with E-state index in [1.165, 1.54) is 6.42 Å². The molecule has 3 heterocycles. The summed E-state index contributed by atoms with van der Waals surface area (Å²) in [4.78, 5) is 32.9. The lowest BCUT2D eigenvalue weighted by Gasteiger charge is -2.35. The van der Waals surface area contributed by atoms with Crippen LogP contribution < -0.4 is 5.32 Å². The number of aryl methyl sites for hydroxylation is 1. The molecule has 0 unspecified atom stereocenters. The quantitative estimate of drug-likeness (QED) is 0.911. The second kappa shape index (κ2) is 5.94. The maximum atomic E-state index is 13.2. The number of carbonyl (C=O) groups excluding carboxylic acids is 2. The molecule has 2 amide bonds. The van der Waals surface area contributed by atoms with E-state index in [1.807, 2.05) is 47.0 Å². The van der Waals surface area contributed by atoms with Crippen molar-refractivity contribution >= 4 is 17.5 Å². The molecule has 6 heteroatoms. The number of amides is 2. The third-order valence-electron chi connectivity index (χ3n) is 6.70. The Morgan fingerprint density at radius 1 is 1.33 bits per heavy atom. The summed E-state index contributed by atoms with van der Waals surface area (Å²) in [5.74, 6) is 1.42. The maximum Gasteiger partial charge on any atom is 0.237 e. The van der Waals surface area contributed by atoms with Gasteiger partial charge >= 0.3 is 0 Å². The zero-order valence-electron chi connectivity index (χ0n) is 15.5. The van der Waals surface area contributed by atoms with Crippen LogP contribution in [0.25, 0.3) is 0 Å². The molecular formula is C21H24N4O2. The van der Waals surface area contributed by atoms with Crippen LogP contribution in [0.15, 0.2) is 36.7 Å². The SMILES string of the molecule is Cn1ccnc1[C@@H]1N(C(=O)CC2CCC2)CC[C@]12C(=O)Nc1ccccc12. The van der Waals surface area contributed by atoms with Crippen molar-refractivity contribution in [3.8, 4) is 0 Å². The number of imidazole rings is 1. The molecule has 6 nitrogen and oxygen atoms in total. The number of benzene rings is 1. The summed E-state index contributed by atoms with van der Waals surface area (Å²) in [5, 5.41) is 3.05. The minimum atomic E-state index is -0.759. The van der Waals surface area contributed by atoms with Crippen LogP contribution in [-0.2, 0) is 22.1 Å². The molecule has 1 spiro atoms. The minimum Gasteiger partial charge on any atom is -0.336 e. The highest BCUT2D eigenvalue weighted by molar-refractivity contribution is 6.07. The van der Waals surface area contributed by atoms with Crippen molar-refractivity contribution in [2.75, 3.05) is 11.9 Å². The molecule has 1 saturated heterocycles. The Hall–Kier alpha value is -2.63. The summed E-state index contributed by atoms with van der Waals surface area (Å²) in [6.07, 6.45) is 8.34. The number of fused-ring (bicyclic) bond motifs is 2. The van der Waals surface area contributed by atoms with Gasteiger partial charge in [-0.3, -0.25) is 9.59 Å². The molecular weight excluding hydrogens is 340 g/mol. The summed E-state index contributed by atoms with van der Waals surface area (Å²) < 4.78 is 1.94. The predicted molar refractivity (Wildman–Crippen MR) is 101 cm³/mol. The van der Waals surface area contributed by atoms with E-state index in [0.29, 0.717) is 25.3 Å². The fourth-order valence-corrected chi connectivity index (χ4v) is 5.02. The zero-order chi connectivity index (χ0) is 18.6. The molecule has 1 aliphatic carbocycles. The standard InChI is InChI=1S/C21H24N4O2/c1-24-12-10-22-19(24)18-21(15-7-2-3-8-16(15)23-20(21)27)9-11-25(18)17(26)13-14-5-4-6-14/h2-3,7-8,10,12,14,18H,4-6,9,11,13H2,1H3,(H,23,27)/t18-,21+/m0/s1. The number of likely N-dealkylation sites (tertiary alicyclic amines) is 1. The Balaban J connectivity index is 1.60. The molecule has 1 N–H and O–H groups in total. The normalized spacial score (nSPS) is 26.9. The highest BCUT2D eigenvalue weighted by atomic mass is 16.2. The van der Waals surface area contributed by atoms with Crippen LogP contribution in [0.2, 0.25) is 0 Å². The Labute approximate surface area is 158 Å². The van der Waals surface area contributed by atoms with Gasteiger partial charge in [-0.1, -0.05) is 24.6 Å². The maximum absolute atomic E-state index is 13.2. The van der Waals surface area contributed by atoms with E-state index >= 15 is 0 Å². The molecule has 1 saturated carbocycles. The highest BCUT2D eigenvalue weighted by Gasteiger charge is 2.60. The summed E-state index contributed by atoms with van der Waals surface area (Å²) in [5.41, 5.74) is 1.09. The van der Waals surface area contributed by atoms with Crippen molar-refractivity contribution in [3.63, 3.8) is 0 Å². The Morgan fingerprint density at radius 3 is 2.85 bits per heavy atom. The van der Waals surface area contributed by atoms with E-state index in [9.17, 15) is 9.59 Å². The number of rotatable bonds is 3. The molecule has 0 bridgehead atoms. The number of aromatic nitrogens is 2. The van der Waals surface area contributed by atoms with Gasteiger partial charge in [0.15, 0.2) is 0 Å². The average molecular weight is 364 g/mol. The predicted octanol–water partition coefficient (Wildman–Crippen LogP) is 2.77. The molecule has 3 aliphatic rings. The molecule has 0 radical (unpaired) electrons. The van der Waals surface area contributed by atoms with Crippen LogP contribution in [-0.4, -0.2) is 32.8 Å². The van der Waals surface area contributed by atoms with Gasteiger partial charge < -0.3 is 14.8 Å². The Bertz CT molecular complexity index is 916. The second-order valence-corrected chi connectivity index (χ2v) is 8.11. The number of para-hydroxylation sites is 1. The smallest absolute Gasteiger partial charge is 0.237 e. The Morgan fingerprint density at radius 2 is 2.15 bits per heavy atom. The lowest BCUT2D eigenvalue weighted by atomic mass is 9.74. The van der Waals surface area contributed by atoms with Crippen molar-refractivity contribution in [3.05, 3.63) is 48.0 Å². The molecule has 1 aromatic carbocycles. The summed E-state index contributed by atoms with van der Waals surface area (Å²) >= 11 is 0.